The van der Waals surface area contributed by atoms with E-state index in [0.29, 0.717) is 11.6 Å². The molecule has 1 amide bonds. The van der Waals surface area contributed by atoms with Crippen LogP contribution in [0.25, 0.3) is 0 Å². The first-order chi connectivity index (χ1) is 8.08. The number of thiophene rings is 1. The molecule has 1 rings (SSSR count). The number of hydrogen-bond donors (Lipinski definition) is 2. The second kappa shape index (κ2) is 6.36. The molecular formula is C11H15NO4S. The van der Waals surface area contributed by atoms with Crippen molar-refractivity contribution in [1.82, 2.24) is 0 Å². The summed E-state index contributed by atoms with van der Waals surface area (Å²) in [5.74, 6) is -1.37. The highest BCUT2D eigenvalue weighted by Crippen LogP contribution is 2.28. The Kier molecular flexibility index (Phi) is 5.11. The van der Waals surface area contributed by atoms with Gasteiger partial charge in [-0.1, -0.05) is 6.92 Å². The Balaban J connectivity index is 2.78. The predicted octanol–water partition coefficient (Wildman–Crippen LogP) is 1.98. The van der Waals surface area contributed by atoms with Crippen LogP contribution in [-0.2, 0) is 16.0 Å². The summed E-state index contributed by atoms with van der Waals surface area (Å²) >= 11 is 1.28. The maximum atomic E-state index is 11.4. The van der Waals surface area contributed by atoms with Crippen molar-refractivity contribution < 1.29 is 19.4 Å². The normalized spacial score (nSPS) is 10.2. The number of rotatable bonds is 6. The molecule has 0 spiro atoms. The Morgan fingerprint density at radius 2 is 2.18 bits per heavy atom. The van der Waals surface area contributed by atoms with Gasteiger partial charge in [0.2, 0.25) is 0 Å². The Hall–Kier alpha value is -1.40. The lowest BCUT2D eigenvalue weighted by Crippen LogP contribution is -2.18. The largest absolute Gasteiger partial charge is 0.478 e. The zero-order chi connectivity index (χ0) is 12.8. The van der Waals surface area contributed by atoms with Crippen LogP contribution in [0.4, 0.5) is 5.00 Å². The molecule has 1 aromatic rings. The fourth-order valence-electron chi connectivity index (χ4n) is 1.23. The van der Waals surface area contributed by atoms with Gasteiger partial charge in [0.1, 0.15) is 11.6 Å². The topological polar surface area (TPSA) is 75.6 Å². The van der Waals surface area contributed by atoms with Crippen molar-refractivity contribution >= 4 is 28.2 Å². The van der Waals surface area contributed by atoms with E-state index in [1.807, 2.05) is 6.92 Å². The number of carbonyl (C=O) groups is 2. The van der Waals surface area contributed by atoms with Crippen LogP contribution in [0.3, 0.4) is 0 Å². The molecule has 0 aliphatic rings. The fraction of sp³-hybridized carbons (Fsp3) is 0.455. The van der Waals surface area contributed by atoms with Crippen molar-refractivity contribution in [1.29, 1.82) is 0 Å². The predicted molar refractivity (Wildman–Crippen MR) is 65.8 cm³/mol. The standard InChI is InChI=1S/C11H15NO4S/c1-3-7-5-8(11(14)15)10(17-7)12-9(13)6-16-4-2/h5H,3-4,6H2,1-2H3,(H,12,13)(H,14,15). The van der Waals surface area contributed by atoms with Gasteiger partial charge in [0.05, 0.1) is 5.56 Å². The van der Waals surface area contributed by atoms with Crippen molar-refractivity contribution in [3.8, 4) is 0 Å². The van der Waals surface area contributed by atoms with E-state index in [4.69, 9.17) is 9.84 Å². The minimum Gasteiger partial charge on any atom is -0.478 e. The lowest BCUT2D eigenvalue weighted by Gasteiger charge is -2.03. The van der Waals surface area contributed by atoms with Gasteiger partial charge in [0, 0.05) is 11.5 Å². The lowest BCUT2D eigenvalue weighted by molar-refractivity contribution is -0.120. The number of amides is 1. The second-order valence-electron chi connectivity index (χ2n) is 3.30. The molecule has 0 saturated heterocycles. The summed E-state index contributed by atoms with van der Waals surface area (Å²) in [6.07, 6.45) is 0.742. The lowest BCUT2D eigenvalue weighted by atomic mass is 10.2. The third-order valence-electron chi connectivity index (χ3n) is 2.05. The monoisotopic (exact) mass is 257 g/mol. The third-order valence-corrected chi connectivity index (χ3v) is 3.25. The molecule has 94 valence electrons. The van der Waals surface area contributed by atoms with E-state index >= 15 is 0 Å². The average Bonchev–Trinajstić information content (AvgIpc) is 2.69. The minimum absolute atomic E-state index is 0.0606. The number of ether oxygens (including phenoxy) is 1. The number of nitrogens with one attached hydrogen (secondary N) is 1. The Bertz CT molecular complexity index is 414. The summed E-state index contributed by atoms with van der Waals surface area (Å²) in [5, 5.41) is 11.9. The summed E-state index contributed by atoms with van der Waals surface area (Å²) in [4.78, 5) is 23.3. The first-order valence-corrected chi connectivity index (χ1v) is 6.13. The van der Waals surface area contributed by atoms with Gasteiger partial charge in [-0.15, -0.1) is 11.3 Å². The molecule has 5 nitrogen and oxygen atoms in total. The number of hydrogen-bond acceptors (Lipinski definition) is 4. The zero-order valence-electron chi connectivity index (χ0n) is 9.78. The number of aromatic carboxylic acids is 1. The molecule has 1 aromatic heterocycles. The van der Waals surface area contributed by atoms with Crippen molar-refractivity contribution in [2.75, 3.05) is 18.5 Å². The maximum absolute atomic E-state index is 11.4. The van der Waals surface area contributed by atoms with Crippen LogP contribution in [-0.4, -0.2) is 30.2 Å². The van der Waals surface area contributed by atoms with Gasteiger partial charge in [0.15, 0.2) is 0 Å². The van der Waals surface area contributed by atoms with Crippen LogP contribution in [0.2, 0.25) is 0 Å². The van der Waals surface area contributed by atoms with E-state index in [2.05, 4.69) is 5.32 Å². The van der Waals surface area contributed by atoms with Crippen LogP contribution < -0.4 is 5.32 Å². The van der Waals surface area contributed by atoms with Gasteiger partial charge in [-0.3, -0.25) is 4.79 Å². The Labute approximate surface area is 103 Å². The summed E-state index contributed by atoms with van der Waals surface area (Å²) in [6.45, 7) is 4.11. The van der Waals surface area contributed by atoms with E-state index in [-0.39, 0.29) is 18.1 Å². The highest BCUT2D eigenvalue weighted by molar-refractivity contribution is 7.16. The quantitative estimate of drug-likeness (QED) is 0.817. The molecule has 0 aliphatic carbocycles. The fourth-order valence-corrected chi connectivity index (χ4v) is 2.23. The van der Waals surface area contributed by atoms with Crippen LogP contribution in [0.5, 0.6) is 0 Å². The summed E-state index contributed by atoms with van der Waals surface area (Å²) < 4.78 is 4.95. The summed E-state index contributed by atoms with van der Waals surface area (Å²) in [7, 11) is 0. The molecule has 1 heterocycles. The van der Waals surface area contributed by atoms with Crippen LogP contribution in [0.15, 0.2) is 6.07 Å². The Morgan fingerprint density at radius 1 is 1.47 bits per heavy atom. The maximum Gasteiger partial charge on any atom is 0.338 e. The van der Waals surface area contributed by atoms with E-state index in [9.17, 15) is 9.59 Å². The molecule has 0 aliphatic heterocycles. The van der Waals surface area contributed by atoms with Gasteiger partial charge in [-0.2, -0.15) is 0 Å². The van der Waals surface area contributed by atoms with E-state index in [0.717, 1.165) is 11.3 Å². The number of carbonyl (C=O) groups excluding carboxylic acids is 1. The first kappa shape index (κ1) is 13.7. The smallest absolute Gasteiger partial charge is 0.338 e. The summed E-state index contributed by atoms with van der Waals surface area (Å²) in [6, 6.07) is 1.59. The van der Waals surface area contributed by atoms with Crippen molar-refractivity contribution in [3.63, 3.8) is 0 Å². The summed E-state index contributed by atoms with van der Waals surface area (Å²) in [5.41, 5.74) is 0.136. The third kappa shape index (κ3) is 3.83. The molecule has 0 aromatic carbocycles. The highest BCUT2D eigenvalue weighted by Gasteiger charge is 2.16. The van der Waals surface area contributed by atoms with E-state index < -0.39 is 5.97 Å². The molecule has 0 bridgehead atoms. The number of carboxylic acid groups (broad SMARTS) is 1. The molecular weight excluding hydrogens is 242 g/mol. The molecule has 17 heavy (non-hydrogen) atoms. The SMILES string of the molecule is CCOCC(=O)Nc1sc(CC)cc1C(=O)O. The van der Waals surface area contributed by atoms with Gasteiger partial charge in [-0.05, 0) is 19.4 Å². The number of carboxylic acids is 1. The molecule has 0 saturated carbocycles. The molecule has 2 N–H and O–H groups in total. The van der Waals surface area contributed by atoms with E-state index in [1.165, 1.54) is 11.3 Å². The number of aryl methyl sites for hydroxylation is 1. The molecule has 6 heteroatoms. The minimum atomic E-state index is -1.03. The molecule has 0 fully saturated rings. The molecule has 0 atom stereocenters. The first-order valence-electron chi connectivity index (χ1n) is 5.32. The van der Waals surface area contributed by atoms with Crippen LogP contribution >= 0.6 is 11.3 Å². The highest BCUT2D eigenvalue weighted by atomic mass is 32.1. The molecule has 0 radical (unpaired) electrons. The van der Waals surface area contributed by atoms with Gasteiger partial charge >= 0.3 is 5.97 Å². The van der Waals surface area contributed by atoms with Crippen molar-refractivity contribution in [3.05, 3.63) is 16.5 Å². The Morgan fingerprint density at radius 3 is 2.71 bits per heavy atom. The van der Waals surface area contributed by atoms with Crippen molar-refractivity contribution in [2.45, 2.75) is 20.3 Å². The number of anilines is 1. The van der Waals surface area contributed by atoms with Gasteiger partial charge in [-0.25, -0.2) is 4.79 Å². The van der Waals surface area contributed by atoms with Crippen LogP contribution in [0.1, 0.15) is 29.1 Å². The van der Waals surface area contributed by atoms with E-state index in [1.54, 1.807) is 13.0 Å². The van der Waals surface area contributed by atoms with Gasteiger partial charge < -0.3 is 15.2 Å². The molecule has 0 unspecified atom stereocenters. The zero-order valence-corrected chi connectivity index (χ0v) is 10.6. The average molecular weight is 257 g/mol. The van der Waals surface area contributed by atoms with Crippen LogP contribution in [0, 0.1) is 0 Å². The van der Waals surface area contributed by atoms with Gasteiger partial charge in [0.25, 0.3) is 5.91 Å². The second-order valence-corrected chi connectivity index (χ2v) is 4.44. The van der Waals surface area contributed by atoms with Crippen molar-refractivity contribution in [2.24, 2.45) is 0 Å².